The molecule has 1 aromatic heterocycles. The largest absolute Gasteiger partial charge is 0.394 e. The first-order valence-corrected chi connectivity index (χ1v) is 6.82. The monoisotopic (exact) mass is 371 g/mol. The minimum absolute atomic E-state index is 0.110. The molecule has 0 bridgehead atoms. The number of aliphatic hydroxyl groups excluding tert-OH is 1. The van der Waals surface area contributed by atoms with E-state index >= 15 is 0 Å². The van der Waals surface area contributed by atoms with Gasteiger partial charge in [-0.15, -0.1) is 0 Å². The minimum Gasteiger partial charge on any atom is -0.394 e. The molecule has 0 aliphatic heterocycles. The van der Waals surface area contributed by atoms with Crippen molar-refractivity contribution in [1.82, 2.24) is 9.97 Å². The average Bonchev–Trinajstić information content (AvgIpc) is 2.45. The molecule has 6 heteroatoms. The summed E-state index contributed by atoms with van der Waals surface area (Å²) in [6.45, 7) is 1.75. The standard InChI is InChI=1S/C13H14IN3O2/c1-13(7-18,9-5-3-2-4-6-9)17-11-10(14)12(19)16-8-15-11/h2-6,8,18H,7H2,1H3,(H2,15,16,17,19). The Morgan fingerprint density at radius 3 is 2.74 bits per heavy atom. The molecule has 3 N–H and O–H groups in total. The quantitative estimate of drug-likeness (QED) is 0.715. The maximum atomic E-state index is 11.5. The zero-order valence-electron chi connectivity index (χ0n) is 10.4. The molecule has 0 fully saturated rings. The van der Waals surface area contributed by atoms with E-state index in [-0.39, 0.29) is 12.2 Å². The normalized spacial score (nSPS) is 13.8. The highest BCUT2D eigenvalue weighted by molar-refractivity contribution is 14.1. The summed E-state index contributed by atoms with van der Waals surface area (Å²) in [7, 11) is 0. The fraction of sp³-hybridized carbons (Fsp3) is 0.231. The van der Waals surface area contributed by atoms with Gasteiger partial charge in [-0.2, -0.15) is 0 Å². The molecule has 1 aromatic carbocycles. The van der Waals surface area contributed by atoms with E-state index in [0.29, 0.717) is 9.39 Å². The summed E-state index contributed by atoms with van der Waals surface area (Å²) in [6, 6.07) is 9.56. The second kappa shape index (κ2) is 5.70. The van der Waals surface area contributed by atoms with Gasteiger partial charge < -0.3 is 15.4 Å². The van der Waals surface area contributed by atoms with Crippen LogP contribution < -0.4 is 10.9 Å². The Labute approximate surface area is 124 Å². The Morgan fingerprint density at radius 2 is 2.11 bits per heavy atom. The van der Waals surface area contributed by atoms with E-state index in [9.17, 15) is 9.90 Å². The molecule has 1 atom stereocenters. The Hall–Kier alpha value is -1.41. The van der Waals surface area contributed by atoms with Crippen LogP contribution in [0.15, 0.2) is 41.5 Å². The van der Waals surface area contributed by atoms with Gasteiger partial charge in [0.05, 0.1) is 18.5 Å². The fourth-order valence-electron chi connectivity index (χ4n) is 1.74. The number of aliphatic hydroxyl groups is 1. The summed E-state index contributed by atoms with van der Waals surface area (Å²) in [5, 5.41) is 12.8. The maximum Gasteiger partial charge on any atom is 0.266 e. The first kappa shape index (κ1) is 14.0. The fourth-order valence-corrected chi connectivity index (χ4v) is 2.17. The van der Waals surface area contributed by atoms with Crippen LogP contribution in [-0.2, 0) is 5.54 Å². The van der Waals surface area contributed by atoms with E-state index < -0.39 is 5.54 Å². The van der Waals surface area contributed by atoms with Crippen molar-refractivity contribution in [2.75, 3.05) is 11.9 Å². The smallest absolute Gasteiger partial charge is 0.266 e. The van der Waals surface area contributed by atoms with Crippen molar-refractivity contribution in [3.8, 4) is 0 Å². The topological polar surface area (TPSA) is 78.0 Å². The van der Waals surface area contributed by atoms with Crippen LogP contribution in [0.1, 0.15) is 12.5 Å². The molecule has 0 amide bonds. The molecule has 2 rings (SSSR count). The number of nitrogens with zero attached hydrogens (tertiary/aromatic N) is 1. The van der Waals surface area contributed by atoms with Gasteiger partial charge in [0, 0.05) is 0 Å². The predicted molar refractivity (Wildman–Crippen MR) is 82.1 cm³/mol. The number of benzene rings is 1. The van der Waals surface area contributed by atoms with Crippen LogP contribution in [0, 0.1) is 3.57 Å². The van der Waals surface area contributed by atoms with Crippen LogP contribution in [0.3, 0.4) is 0 Å². The lowest BCUT2D eigenvalue weighted by Crippen LogP contribution is -2.37. The van der Waals surface area contributed by atoms with E-state index in [1.54, 1.807) is 0 Å². The molecule has 100 valence electrons. The summed E-state index contributed by atoms with van der Waals surface area (Å²) in [6.07, 6.45) is 1.34. The van der Waals surface area contributed by atoms with Gasteiger partial charge in [0.25, 0.3) is 5.56 Å². The number of rotatable bonds is 4. The zero-order chi connectivity index (χ0) is 13.9. The van der Waals surface area contributed by atoms with E-state index in [4.69, 9.17) is 0 Å². The Morgan fingerprint density at radius 1 is 1.42 bits per heavy atom. The minimum atomic E-state index is -0.692. The molecule has 19 heavy (non-hydrogen) atoms. The van der Waals surface area contributed by atoms with Crippen LogP contribution in [0.5, 0.6) is 0 Å². The van der Waals surface area contributed by atoms with Crippen molar-refractivity contribution in [3.05, 3.63) is 56.1 Å². The maximum absolute atomic E-state index is 11.5. The molecule has 0 aliphatic rings. The molecule has 0 saturated heterocycles. The van der Waals surface area contributed by atoms with E-state index in [1.807, 2.05) is 59.8 Å². The number of anilines is 1. The third-order valence-corrected chi connectivity index (χ3v) is 3.92. The highest BCUT2D eigenvalue weighted by atomic mass is 127. The summed E-state index contributed by atoms with van der Waals surface area (Å²) in [5.74, 6) is 0.463. The van der Waals surface area contributed by atoms with Crippen LogP contribution in [-0.4, -0.2) is 21.7 Å². The molecule has 5 nitrogen and oxygen atoms in total. The number of aromatic nitrogens is 2. The predicted octanol–water partition coefficient (Wildman–Crippen LogP) is 1.69. The van der Waals surface area contributed by atoms with Crippen LogP contribution >= 0.6 is 22.6 Å². The van der Waals surface area contributed by atoms with Crippen molar-refractivity contribution in [2.45, 2.75) is 12.5 Å². The van der Waals surface area contributed by atoms with Gasteiger partial charge in [0.1, 0.15) is 9.39 Å². The van der Waals surface area contributed by atoms with Crippen molar-refractivity contribution in [1.29, 1.82) is 0 Å². The lowest BCUT2D eigenvalue weighted by molar-refractivity contribution is 0.223. The van der Waals surface area contributed by atoms with Gasteiger partial charge in [-0.1, -0.05) is 30.3 Å². The molecule has 1 unspecified atom stereocenters. The van der Waals surface area contributed by atoms with Crippen molar-refractivity contribution in [2.24, 2.45) is 0 Å². The number of nitrogens with one attached hydrogen (secondary N) is 2. The number of hydrogen-bond acceptors (Lipinski definition) is 4. The lowest BCUT2D eigenvalue weighted by Gasteiger charge is -2.30. The van der Waals surface area contributed by atoms with Gasteiger partial charge in [0.2, 0.25) is 0 Å². The number of aromatic amines is 1. The van der Waals surface area contributed by atoms with Gasteiger partial charge in [-0.25, -0.2) is 4.98 Å². The molecule has 0 spiro atoms. The first-order chi connectivity index (χ1) is 9.07. The number of hydrogen-bond donors (Lipinski definition) is 3. The van der Waals surface area contributed by atoms with Gasteiger partial charge >= 0.3 is 0 Å². The van der Waals surface area contributed by atoms with E-state index in [0.717, 1.165) is 5.56 Å². The van der Waals surface area contributed by atoms with E-state index in [2.05, 4.69) is 15.3 Å². The molecule has 1 heterocycles. The zero-order valence-corrected chi connectivity index (χ0v) is 12.5. The highest BCUT2D eigenvalue weighted by Gasteiger charge is 2.27. The number of H-pyrrole nitrogens is 1. The third-order valence-electron chi connectivity index (χ3n) is 2.92. The summed E-state index contributed by atoms with van der Waals surface area (Å²) >= 11 is 1.93. The molecule has 0 aliphatic carbocycles. The van der Waals surface area contributed by atoms with Crippen molar-refractivity contribution >= 4 is 28.4 Å². The SMILES string of the molecule is CC(CO)(Nc1nc[nH]c(=O)c1I)c1ccccc1. The molecule has 2 aromatic rings. The first-order valence-electron chi connectivity index (χ1n) is 5.74. The number of halogens is 1. The third kappa shape index (κ3) is 2.95. The highest BCUT2D eigenvalue weighted by Crippen LogP contribution is 2.25. The Balaban J connectivity index is 2.39. The Kier molecular flexibility index (Phi) is 4.20. The lowest BCUT2D eigenvalue weighted by atomic mass is 9.93. The average molecular weight is 371 g/mol. The van der Waals surface area contributed by atoms with E-state index in [1.165, 1.54) is 6.33 Å². The molecule has 0 radical (unpaired) electrons. The van der Waals surface area contributed by atoms with Crippen molar-refractivity contribution < 1.29 is 5.11 Å². The van der Waals surface area contributed by atoms with Crippen LogP contribution in [0.4, 0.5) is 5.82 Å². The Bertz CT molecular complexity index is 615. The second-order valence-corrected chi connectivity index (χ2v) is 5.45. The molecule has 0 saturated carbocycles. The van der Waals surface area contributed by atoms with Gasteiger partial charge in [0.15, 0.2) is 0 Å². The summed E-state index contributed by atoms with van der Waals surface area (Å²) < 4.78 is 0.468. The summed E-state index contributed by atoms with van der Waals surface area (Å²) in [5.41, 5.74) is 0.0314. The van der Waals surface area contributed by atoms with Gasteiger partial charge in [-0.3, -0.25) is 4.79 Å². The molecular weight excluding hydrogens is 357 g/mol. The van der Waals surface area contributed by atoms with Crippen LogP contribution in [0.25, 0.3) is 0 Å². The van der Waals surface area contributed by atoms with Gasteiger partial charge in [-0.05, 0) is 35.1 Å². The van der Waals surface area contributed by atoms with Crippen molar-refractivity contribution in [3.63, 3.8) is 0 Å². The molecular formula is C13H14IN3O2. The van der Waals surface area contributed by atoms with Crippen LogP contribution in [0.2, 0.25) is 0 Å². The second-order valence-electron chi connectivity index (χ2n) is 4.38. The summed E-state index contributed by atoms with van der Waals surface area (Å²) in [4.78, 5) is 18.2.